The van der Waals surface area contributed by atoms with E-state index >= 15 is 0 Å². The van der Waals surface area contributed by atoms with Crippen LogP contribution in [-0.4, -0.2) is 15.5 Å². The fourth-order valence-corrected chi connectivity index (χ4v) is 2.40. The number of anilines is 2. The maximum atomic E-state index is 4.44. The summed E-state index contributed by atoms with van der Waals surface area (Å²) >= 11 is 1.64. The number of benzene rings is 1. The quantitative estimate of drug-likeness (QED) is 0.828. The Labute approximate surface area is 130 Å². The van der Waals surface area contributed by atoms with E-state index in [2.05, 4.69) is 52.9 Å². The van der Waals surface area contributed by atoms with Crippen LogP contribution in [-0.2, 0) is 0 Å². The van der Waals surface area contributed by atoms with Gasteiger partial charge in [-0.15, -0.1) is 0 Å². The lowest BCUT2D eigenvalue weighted by Crippen LogP contribution is -2.29. The molecule has 0 aliphatic rings. The molecule has 0 amide bonds. The standard InChI is InChI=1S/C16H22N4S/c1-11-10-17-12(2)18-15(11)19-13-7-6-8-14(9-13)21-20-16(3,4)5/h6-10,20H,1-5H3,(H,17,18,19). The molecule has 2 N–H and O–H groups in total. The van der Waals surface area contributed by atoms with Crippen molar-refractivity contribution in [2.45, 2.75) is 45.1 Å². The molecule has 0 aliphatic carbocycles. The van der Waals surface area contributed by atoms with E-state index in [9.17, 15) is 0 Å². The third kappa shape index (κ3) is 5.02. The average molecular weight is 302 g/mol. The topological polar surface area (TPSA) is 49.8 Å². The van der Waals surface area contributed by atoms with Gasteiger partial charge in [0.05, 0.1) is 0 Å². The van der Waals surface area contributed by atoms with Gasteiger partial charge in [-0.2, -0.15) is 0 Å². The SMILES string of the molecule is Cc1ncc(C)c(Nc2cccc(SNC(C)(C)C)c2)n1. The minimum atomic E-state index is 0.0778. The molecule has 5 heteroatoms. The van der Waals surface area contributed by atoms with E-state index in [0.717, 1.165) is 22.9 Å². The van der Waals surface area contributed by atoms with Crippen LogP contribution in [0.2, 0.25) is 0 Å². The first kappa shape index (κ1) is 15.8. The van der Waals surface area contributed by atoms with Gasteiger partial charge in [0.15, 0.2) is 0 Å². The zero-order valence-electron chi connectivity index (χ0n) is 13.2. The molecule has 1 aromatic heterocycles. The fraction of sp³-hybridized carbons (Fsp3) is 0.375. The molecular weight excluding hydrogens is 280 g/mol. The molecule has 21 heavy (non-hydrogen) atoms. The normalized spacial score (nSPS) is 11.5. The van der Waals surface area contributed by atoms with Gasteiger partial charge in [-0.3, -0.25) is 4.72 Å². The van der Waals surface area contributed by atoms with Crippen molar-refractivity contribution in [1.82, 2.24) is 14.7 Å². The summed E-state index contributed by atoms with van der Waals surface area (Å²) in [6.45, 7) is 10.3. The number of hydrogen-bond acceptors (Lipinski definition) is 5. The van der Waals surface area contributed by atoms with Crippen molar-refractivity contribution >= 4 is 23.5 Å². The van der Waals surface area contributed by atoms with Crippen LogP contribution >= 0.6 is 11.9 Å². The van der Waals surface area contributed by atoms with E-state index in [1.807, 2.05) is 32.2 Å². The van der Waals surface area contributed by atoms with Gasteiger partial charge < -0.3 is 5.32 Å². The molecule has 0 fully saturated rings. The Morgan fingerprint density at radius 1 is 1.14 bits per heavy atom. The summed E-state index contributed by atoms with van der Waals surface area (Å²) in [5, 5.41) is 3.36. The predicted molar refractivity (Wildman–Crippen MR) is 90.0 cm³/mol. The Kier molecular flexibility index (Phi) is 4.85. The van der Waals surface area contributed by atoms with Crippen LogP contribution in [0.5, 0.6) is 0 Å². The Hall–Kier alpha value is -1.59. The highest BCUT2D eigenvalue weighted by Gasteiger charge is 2.09. The van der Waals surface area contributed by atoms with Gasteiger partial charge in [-0.05, 0) is 64.8 Å². The van der Waals surface area contributed by atoms with Gasteiger partial charge in [-0.1, -0.05) is 6.07 Å². The third-order valence-corrected chi connectivity index (χ3v) is 3.87. The van der Waals surface area contributed by atoms with Crippen LogP contribution in [0.25, 0.3) is 0 Å². The van der Waals surface area contributed by atoms with Crippen molar-refractivity contribution in [3.63, 3.8) is 0 Å². The molecule has 112 valence electrons. The van der Waals surface area contributed by atoms with Gasteiger partial charge in [0.1, 0.15) is 11.6 Å². The summed E-state index contributed by atoms with van der Waals surface area (Å²) in [5.41, 5.74) is 2.14. The minimum Gasteiger partial charge on any atom is -0.340 e. The predicted octanol–water partition coefficient (Wildman–Crippen LogP) is 4.23. The number of nitrogens with one attached hydrogen (secondary N) is 2. The summed E-state index contributed by atoms with van der Waals surface area (Å²) in [4.78, 5) is 9.79. The number of aryl methyl sites for hydroxylation is 2. The second kappa shape index (κ2) is 6.45. The van der Waals surface area contributed by atoms with E-state index in [-0.39, 0.29) is 5.54 Å². The van der Waals surface area contributed by atoms with Gasteiger partial charge >= 0.3 is 0 Å². The number of rotatable bonds is 4. The molecule has 0 atom stereocenters. The zero-order valence-corrected chi connectivity index (χ0v) is 14.0. The molecule has 0 unspecified atom stereocenters. The van der Waals surface area contributed by atoms with Crippen molar-refractivity contribution in [3.8, 4) is 0 Å². The highest BCUT2D eigenvalue weighted by atomic mass is 32.2. The van der Waals surface area contributed by atoms with Gasteiger partial charge in [0.2, 0.25) is 0 Å². The zero-order chi connectivity index (χ0) is 15.5. The summed E-state index contributed by atoms with van der Waals surface area (Å²) in [7, 11) is 0. The second-order valence-electron chi connectivity index (χ2n) is 6.06. The summed E-state index contributed by atoms with van der Waals surface area (Å²) < 4.78 is 3.41. The van der Waals surface area contributed by atoms with E-state index < -0.39 is 0 Å². The van der Waals surface area contributed by atoms with Crippen LogP contribution in [0, 0.1) is 13.8 Å². The largest absolute Gasteiger partial charge is 0.340 e. The first-order chi connectivity index (χ1) is 9.83. The Balaban J connectivity index is 2.12. The minimum absolute atomic E-state index is 0.0778. The molecular formula is C16H22N4S. The first-order valence-electron chi connectivity index (χ1n) is 6.95. The van der Waals surface area contributed by atoms with E-state index in [0.29, 0.717) is 0 Å². The van der Waals surface area contributed by atoms with E-state index in [1.54, 1.807) is 11.9 Å². The summed E-state index contributed by atoms with van der Waals surface area (Å²) in [5.74, 6) is 1.62. The number of hydrogen-bond donors (Lipinski definition) is 2. The monoisotopic (exact) mass is 302 g/mol. The van der Waals surface area contributed by atoms with Crippen LogP contribution < -0.4 is 10.0 Å². The lowest BCUT2D eigenvalue weighted by molar-refractivity contribution is 0.535. The van der Waals surface area contributed by atoms with E-state index in [4.69, 9.17) is 0 Å². The van der Waals surface area contributed by atoms with Crippen LogP contribution in [0.4, 0.5) is 11.5 Å². The highest BCUT2D eigenvalue weighted by Crippen LogP contribution is 2.24. The van der Waals surface area contributed by atoms with Crippen molar-refractivity contribution in [2.24, 2.45) is 0 Å². The van der Waals surface area contributed by atoms with Crippen molar-refractivity contribution in [2.75, 3.05) is 5.32 Å². The Bertz CT molecular complexity index is 620. The molecule has 2 aromatic rings. The second-order valence-corrected chi connectivity index (χ2v) is 6.94. The summed E-state index contributed by atoms with van der Waals surface area (Å²) in [6, 6.07) is 8.28. The maximum Gasteiger partial charge on any atom is 0.136 e. The molecule has 4 nitrogen and oxygen atoms in total. The van der Waals surface area contributed by atoms with Crippen molar-refractivity contribution in [1.29, 1.82) is 0 Å². The van der Waals surface area contributed by atoms with Gasteiger partial charge in [-0.25, -0.2) is 9.97 Å². The third-order valence-electron chi connectivity index (χ3n) is 2.66. The number of nitrogens with zero attached hydrogens (tertiary/aromatic N) is 2. The Morgan fingerprint density at radius 3 is 2.62 bits per heavy atom. The molecule has 0 aliphatic heterocycles. The molecule has 2 rings (SSSR count). The molecule has 0 radical (unpaired) electrons. The molecule has 1 heterocycles. The van der Waals surface area contributed by atoms with Gasteiger partial charge in [0, 0.05) is 27.9 Å². The average Bonchev–Trinajstić information content (AvgIpc) is 2.40. The summed E-state index contributed by atoms with van der Waals surface area (Å²) in [6.07, 6.45) is 1.84. The van der Waals surface area contributed by atoms with Crippen LogP contribution in [0.1, 0.15) is 32.2 Å². The van der Waals surface area contributed by atoms with E-state index in [1.165, 1.54) is 4.90 Å². The molecule has 0 saturated heterocycles. The van der Waals surface area contributed by atoms with Crippen molar-refractivity contribution in [3.05, 3.63) is 41.9 Å². The lowest BCUT2D eigenvalue weighted by atomic mass is 10.1. The molecule has 0 spiro atoms. The highest BCUT2D eigenvalue weighted by molar-refractivity contribution is 7.97. The lowest BCUT2D eigenvalue weighted by Gasteiger charge is -2.19. The Morgan fingerprint density at radius 2 is 1.90 bits per heavy atom. The molecule has 0 bridgehead atoms. The molecule has 1 aromatic carbocycles. The number of aromatic nitrogens is 2. The van der Waals surface area contributed by atoms with Crippen molar-refractivity contribution < 1.29 is 0 Å². The maximum absolute atomic E-state index is 4.44. The fourth-order valence-electron chi connectivity index (χ4n) is 1.64. The van der Waals surface area contributed by atoms with Crippen LogP contribution in [0.3, 0.4) is 0 Å². The van der Waals surface area contributed by atoms with Crippen LogP contribution in [0.15, 0.2) is 35.4 Å². The first-order valence-corrected chi connectivity index (χ1v) is 7.76. The smallest absolute Gasteiger partial charge is 0.136 e. The molecule has 0 saturated carbocycles. The van der Waals surface area contributed by atoms with Gasteiger partial charge in [0.25, 0.3) is 0 Å².